The average Bonchev–Trinajstić information content (AvgIpc) is 2.38. The Balaban J connectivity index is 2.33. The van der Waals surface area contributed by atoms with E-state index in [2.05, 4.69) is 0 Å². The van der Waals surface area contributed by atoms with Gasteiger partial charge in [0.15, 0.2) is 5.78 Å². The summed E-state index contributed by atoms with van der Waals surface area (Å²) in [6, 6.07) is 5.66. The van der Waals surface area contributed by atoms with E-state index in [9.17, 15) is 4.79 Å². The van der Waals surface area contributed by atoms with Crippen molar-refractivity contribution in [3.63, 3.8) is 0 Å². The van der Waals surface area contributed by atoms with Crippen LogP contribution in [0.5, 0.6) is 5.75 Å². The Hall–Kier alpha value is -1.77. The summed E-state index contributed by atoms with van der Waals surface area (Å²) in [6.07, 6.45) is 3.22. The standard InChI is InChI=1S/C14H16O3/c1-3-17-9-11-5-4-10-6-7-12(16-2)8-13(10)14(11)15/h6-9H,3-5H2,1-2H3. The summed E-state index contributed by atoms with van der Waals surface area (Å²) in [5.41, 5.74) is 2.57. The lowest BCUT2D eigenvalue weighted by atomic mass is 9.87. The molecular weight excluding hydrogens is 216 g/mol. The number of fused-ring (bicyclic) bond motifs is 1. The molecule has 3 heteroatoms. The molecule has 0 aliphatic heterocycles. The molecule has 0 fully saturated rings. The molecule has 0 atom stereocenters. The van der Waals surface area contributed by atoms with E-state index in [0.29, 0.717) is 6.61 Å². The van der Waals surface area contributed by atoms with Crippen LogP contribution in [0.2, 0.25) is 0 Å². The fourth-order valence-corrected chi connectivity index (χ4v) is 1.96. The molecule has 1 aliphatic carbocycles. The molecule has 0 radical (unpaired) electrons. The fourth-order valence-electron chi connectivity index (χ4n) is 1.96. The molecule has 0 spiro atoms. The van der Waals surface area contributed by atoms with Gasteiger partial charge in [-0.05, 0) is 37.5 Å². The molecular formula is C14H16O3. The Bertz CT molecular complexity index is 461. The third-order valence-electron chi connectivity index (χ3n) is 2.91. The lowest BCUT2D eigenvalue weighted by Gasteiger charge is -2.17. The van der Waals surface area contributed by atoms with Gasteiger partial charge >= 0.3 is 0 Å². The predicted octanol–water partition coefficient (Wildman–Crippen LogP) is 2.74. The zero-order valence-electron chi connectivity index (χ0n) is 10.2. The van der Waals surface area contributed by atoms with Crippen LogP contribution < -0.4 is 4.74 Å². The van der Waals surface area contributed by atoms with Crippen molar-refractivity contribution in [3.05, 3.63) is 41.2 Å². The maximum Gasteiger partial charge on any atom is 0.192 e. The van der Waals surface area contributed by atoms with Crippen LogP contribution in [-0.2, 0) is 11.2 Å². The third-order valence-corrected chi connectivity index (χ3v) is 2.91. The highest BCUT2D eigenvalue weighted by atomic mass is 16.5. The van der Waals surface area contributed by atoms with Crippen molar-refractivity contribution in [1.29, 1.82) is 0 Å². The van der Waals surface area contributed by atoms with Crippen LogP contribution in [0.4, 0.5) is 0 Å². The number of ether oxygens (including phenoxy) is 2. The molecule has 0 unspecified atom stereocenters. The maximum absolute atomic E-state index is 12.2. The number of methoxy groups -OCH3 is 1. The van der Waals surface area contributed by atoms with Gasteiger partial charge < -0.3 is 9.47 Å². The first kappa shape index (κ1) is 11.7. The second kappa shape index (κ2) is 5.04. The predicted molar refractivity (Wildman–Crippen MR) is 65.4 cm³/mol. The Morgan fingerprint density at radius 2 is 2.18 bits per heavy atom. The highest BCUT2D eigenvalue weighted by molar-refractivity contribution is 6.10. The third kappa shape index (κ3) is 2.33. The van der Waals surface area contributed by atoms with Gasteiger partial charge in [-0.3, -0.25) is 4.79 Å². The zero-order valence-corrected chi connectivity index (χ0v) is 10.2. The van der Waals surface area contributed by atoms with E-state index < -0.39 is 0 Å². The number of aryl methyl sites for hydroxylation is 1. The van der Waals surface area contributed by atoms with Crippen molar-refractivity contribution < 1.29 is 14.3 Å². The average molecular weight is 232 g/mol. The number of Topliss-reactive ketones (excluding diaryl/α,β-unsaturated/α-hetero) is 1. The molecule has 17 heavy (non-hydrogen) atoms. The number of ketones is 1. The summed E-state index contributed by atoms with van der Waals surface area (Å²) >= 11 is 0. The lowest BCUT2D eigenvalue weighted by Crippen LogP contribution is -2.14. The van der Waals surface area contributed by atoms with E-state index in [1.165, 1.54) is 0 Å². The number of allylic oxidation sites excluding steroid dienone is 1. The van der Waals surface area contributed by atoms with Gasteiger partial charge in [0.05, 0.1) is 20.0 Å². The van der Waals surface area contributed by atoms with E-state index in [1.807, 2.05) is 19.1 Å². The summed E-state index contributed by atoms with van der Waals surface area (Å²) in [6.45, 7) is 2.49. The molecule has 1 aromatic carbocycles. The molecule has 2 rings (SSSR count). The second-order valence-electron chi connectivity index (χ2n) is 3.95. The molecule has 0 heterocycles. The Morgan fingerprint density at radius 3 is 2.88 bits per heavy atom. The molecule has 0 saturated carbocycles. The molecule has 0 saturated heterocycles. The zero-order chi connectivity index (χ0) is 12.3. The van der Waals surface area contributed by atoms with Gasteiger partial charge in [-0.15, -0.1) is 0 Å². The van der Waals surface area contributed by atoms with Gasteiger partial charge in [0.25, 0.3) is 0 Å². The fraction of sp³-hybridized carbons (Fsp3) is 0.357. The normalized spacial score (nSPS) is 16.8. The summed E-state index contributed by atoms with van der Waals surface area (Å²) in [4.78, 5) is 12.2. The van der Waals surface area contributed by atoms with Crippen LogP contribution in [-0.4, -0.2) is 19.5 Å². The van der Waals surface area contributed by atoms with Gasteiger partial charge in [0.2, 0.25) is 0 Å². The van der Waals surface area contributed by atoms with E-state index in [0.717, 1.165) is 35.3 Å². The van der Waals surface area contributed by atoms with Crippen molar-refractivity contribution in [2.24, 2.45) is 0 Å². The summed E-state index contributed by atoms with van der Waals surface area (Å²) in [5, 5.41) is 0. The Labute approximate surface area is 101 Å². The minimum atomic E-state index is 0.0543. The maximum atomic E-state index is 12.2. The minimum Gasteiger partial charge on any atom is -0.501 e. The molecule has 0 bridgehead atoms. The monoisotopic (exact) mass is 232 g/mol. The second-order valence-corrected chi connectivity index (χ2v) is 3.95. The van der Waals surface area contributed by atoms with Crippen LogP contribution in [0, 0.1) is 0 Å². The molecule has 90 valence electrons. The summed E-state index contributed by atoms with van der Waals surface area (Å²) in [7, 11) is 1.60. The van der Waals surface area contributed by atoms with Gasteiger partial charge in [-0.1, -0.05) is 6.07 Å². The number of rotatable bonds is 3. The molecule has 1 aliphatic rings. The smallest absolute Gasteiger partial charge is 0.192 e. The Morgan fingerprint density at radius 1 is 1.35 bits per heavy atom. The van der Waals surface area contributed by atoms with E-state index in [-0.39, 0.29) is 5.78 Å². The minimum absolute atomic E-state index is 0.0543. The molecule has 0 N–H and O–H groups in total. The SMILES string of the molecule is CCOC=C1CCc2ccc(OC)cc2C1=O. The van der Waals surface area contributed by atoms with Crippen LogP contribution in [0.1, 0.15) is 29.3 Å². The van der Waals surface area contributed by atoms with Gasteiger partial charge in [0, 0.05) is 11.1 Å². The highest BCUT2D eigenvalue weighted by Gasteiger charge is 2.22. The van der Waals surface area contributed by atoms with Gasteiger partial charge in [-0.25, -0.2) is 0 Å². The number of hydrogen-bond acceptors (Lipinski definition) is 3. The van der Waals surface area contributed by atoms with Crippen molar-refractivity contribution in [2.45, 2.75) is 19.8 Å². The number of carbonyl (C=O) groups is 1. The quantitative estimate of drug-likeness (QED) is 0.593. The molecule has 0 aromatic heterocycles. The summed E-state index contributed by atoms with van der Waals surface area (Å²) < 4.78 is 10.3. The lowest BCUT2D eigenvalue weighted by molar-refractivity contribution is 0.101. The van der Waals surface area contributed by atoms with Crippen molar-refractivity contribution in [2.75, 3.05) is 13.7 Å². The Kier molecular flexibility index (Phi) is 3.47. The number of carbonyl (C=O) groups excluding carboxylic acids is 1. The summed E-state index contributed by atoms with van der Waals surface area (Å²) in [5.74, 6) is 0.772. The first-order valence-corrected chi connectivity index (χ1v) is 5.78. The van der Waals surface area contributed by atoms with E-state index in [1.54, 1.807) is 19.4 Å². The van der Waals surface area contributed by atoms with E-state index >= 15 is 0 Å². The topological polar surface area (TPSA) is 35.5 Å². The van der Waals surface area contributed by atoms with Crippen molar-refractivity contribution in [3.8, 4) is 5.75 Å². The first-order valence-electron chi connectivity index (χ1n) is 5.78. The van der Waals surface area contributed by atoms with Crippen LogP contribution >= 0.6 is 0 Å². The van der Waals surface area contributed by atoms with Gasteiger partial charge in [0.1, 0.15) is 5.75 Å². The van der Waals surface area contributed by atoms with Gasteiger partial charge in [-0.2, -0.15) is 0 Å². The van der Waals surface area contributed by atoms with Crippen molar-refractivity contribution >= 4 is 5.78 Å². The van der Waals surface area contributed by atoms with Crippen LogP contribution in [0.3, 0.4) is 0 Å². The molecule has 1 aromatic rings. The van der Waals surface area contributed by atoms with Crippen molar-refractivity contribution in [1.82, 2.24) is 0 Å². The highest BCUT2D eigenvalue weighted by Crippen LogP contribution is 2.28. The van der Waals surface area contributed by atoms with Crippen LogP contribution in [0.25, 0.3) is 0 Å². The van der Waals surface area contributed by atoms with Crippen LogP contribution in [0.15, 0.2) is 30.0 Å². The van der Waals surface area contributed by atoms with E-state index in [4.69, 9.17) is 9.47 Å². The number of hydrogen-bond donors (Lipinski definition) is 0. The molecule has 3 nitrogen and oxygen atoms in total. The largest absolute Gasteiger partial charge is 0.501 e. The molecule has 0 amide bonds. The number of benzene rings is 1. The first-order chi connectivity index (χ1) is 8.26.